The van der Waals surface area contributed by atoms with E-state index in [2.05, 4.69) is 26.9 Å². The van der Waals surface area contributed by atoms with Gasteiger partial charge in [-0.05, 0) is 6.92 Å². The zero-order valence-corrected chi connectivity index (χ0v) is 13.3. The van der Waals surface area contributed by atoms with E-state index in [-0.39, 0.29) is 11.9 Å². The van der Waals surface area contributed by atoms with Crippen molar-refractivity contribution in [3.05, 3.63) is 29.8 Å². The number of benzene rings is 1. The van der Waals surface area contributed by atoms with E-state index in [1.165, 1.54) is 0 Å². The molecular formula is C16H16N6O2. The fourth-order valence-electron chi connectivity index (χ4n) is 2.85. The van der Waals surface area contributed by atoms with Gasteiger partial charge in [0.15, 0.2) is 5.75 Å². The second kappa shape index (κ2) is 5.19. The Labute approximate surface area is 137 Å². The van der Waals surface area contributed by atoms with Gasteiger partial charge >= 0.3 is 0 Å². The maximum Gasteiger partial charge on any atom is 0.222 e. The fourth-order valence-corrected chi connectivity index (χ4v) is 2.85. The Morgan fingerprint density at radius 3 is 2.71 bits per heavy atom. The molecular weight excluding hydrogens is 308 g/mol. The normalized spacial score (nSPS) is 16.0. The van der Waals surface area contributed by atoms with Crippen LogP contribution in [-0.2, 0) is 0 Å². The number of hydrogen-bond donors (Lipinski definition) is 2. The summed E-state index contributed by atoms with van der Waals surface area (Å²) in [4.78, 5) is 16.6. The van der Waals surface area contributed by atoms with Gasteiger partial charge in [0.1, 0.15) is 23.1 Å². The van der Waals surface area contributed by atoms with Crippen LogP contribution in [0.25, 0.3) is 10.9 Å². The lowest BCUT2D eigenvalue weighted by Crippen LogP contribution is -2.02. The second-order valence-corrected chi connectivity index (χ2v) is 5.76. The summed E-state index contributed by atoms with van der Waals surface area (Å²) in [6, 6.07) is 1.80. The summed E-state index contributed by atoms with van der Waals surface area (Å²) in [5, 5.41) is 0.663. The molecule has 0 bridgehead atoms. The molecule has 0 aliphatic carbocycles. The standard InChI is InChI=1S/C16H16N6O2/c1-7-6-23-14-12(7)11(24-9-4-19-8(2)20-5-9)3-10-13(14)15(17)22-16(18)21-10/h3-5,7H,6H2,1-2H3,(H4,17,18,21,22). The van der Waals surface area contributed by atoms with Gasteiger partial charge in [-0.2, -0.15) is 4.98 Å². The summed E-state index contributed by atoms with van der Waals surface area (Å²) >= 11 is 0. The Balaban J connectivity index is 1.92. The largest absolute Gasteiger partial charge is 0.492 e. The molecule has 0 spiro atoms. The van der Waals surface area contributed by atoms with E-state index in [1.807, 2.05) is 6.92 Å². The molecule has 2 aromatic heterocycles. The average molecular weight is 324 g/mol. The molecule has 0 saturated heterocycles. The van der Waals surface area contributed by atoms with Crippen LogP contribution in [0.2, 0.25) is 0 Å². The van der Waals surface area contributed by atoms with Crippen molar-refractivity contribution >= 4 is 22.7 Å². The highest BCUT2D eigenvalue weighted by Gasteiger charge is 2.29. The maximum atomic E-state index is 6.02. The number of nitrogens with two attached hydrogens (primary N) is 2. The van der Waals surface area contributed by atoms with Gasteiger partial charge in [-0.25, -0.2) is 15.0 Å². The van der Waals surface area contributed by atoms with Crippen LogP contribution in [0.3, 0.4) is 0 Å². The molecule has 0 amide bonds. The highest BCUT2D eigenvalue weighted by Crippen LogP contribution is 2.47. The van der Waals surface area contributed by atoms with Crippen LogP contribution in [0.5, 0.6) is 17.2 Å². The molecule has 3 aromatic rings. The van der Waals surface area contributed by atoms with Crippen LogP contribution < -0.4 is 20.9 Å². The summed E-state index contributed by atoms with van der Waals surface area (Å²) in [5.41, 5.74) is 13.2. The topological polar surface area (TPSA) is 122 Å². The third-order valence-corrected chi connectivity index (χ3v) is 3.94. The van der Waals surface area contributed by atoms with Crippen molar-refractivity contribution in [1.82, 2.24) is 19.9 Å². The van der Waals surface area contributed by atoms with Crippen LogP contribution >= 0.6 is 0 Å². The number of anilines is 2. The lowest BCUT2D eigenvalue weighted by atomic mass is 9.99. The van der Waals surface area contributed by atoms with Crippen LogP contribution in [0.15, 0.2) is 18.5 Å². The van der Waals surface area contributed by atoms with Gasteiger partial charge in [0.2, 0.25) is 5.95 Å². The highest BCUT2D eigenvalue weighted by atomic mass is 16.5. The van der Waals surface area contributed by atoms with Crippen molar-refractivity contribution in [3.63, 3.8) is 0 Å². The average Bonchev–Trinajstić information content (AvgIpc) is 2.91. The molecule has 1 aliphatic rings. The summed E-state index contributed by atoms with van der Waals surface area (Å²) in [6.07, 6.45) is 3.25. The first-order chi connectivity index (χ1) is 11.5. The summed E-state index contributed by atoms with van der Waals surface area (Å²) in [7, 11) is 0. The minimum Gasteiger partial charge on any atom is -0.492 e. The minimum atomic E-state index is 0.107. The van der Waals surface area contributed by atoms with Crippen molar-refractivity contribution in [2.75, 3.05) is 18.1 Å². The van der Waals surface area contributed by atoms with Crippen LogP contribution in [0.1, 0.15) is 24.2 Å². The van der Waals surface area contributed by atoms with Crippen molar-refractivity contribution in [2.24, 2.45) is 0 Å². The molecule has 1 atom stereocenters. The van der Waals surface area contributed by atoms with E-state index in [0.717, 1.165) is 5.56 Å². The second-order valence-electron chi connectivity index (χ2n) is 5.76. The Bertz CT molecular complexity index is 942. The molecule has 8 heteroatoms. The van der Waals surface area contributed by atoms with E-state index >= 15 is 0 Å². The Morgan fingerprint density at radius 1 is 1.21 bits per heavy atom. The van der Waals surface area contributed by atoms with Gasteiger partial charge in [0, 0.05) is 17.5 Å². The molecule has 1 aliphatic heterocycles. The third-order valence-electron chi connectivity index (χ3n) is 3.94. The molecule has 0 radical (unpaired) electrons. The number of rotatable bonds is 2. The molecule has 0 fully saturated rings. The first kappa shape index (κ1) is 14.4. The van der Waals surface area contributed by atoms with Crippen molar-refractivity contribution in [1.29, 1.82) is 0 Å². The zero-order valence-electron chi connectivity index (χ0n) is 13.3. The lowest BCUT2D eigenvalue weighted by Gasteiger charge is -2.14. The Kier molecular flexibility index (Phi) is 3.12. The smallest absolute Gasteiger partial charge is 0.222 e. The number of aromatic nitrogens is 4. The van der Waals surface area contributed by atoms with Crippen LogP contribution in [-0.4, -0.2) is 26.5 Å². The van der Waals surface area contributed by atoms with Crippen molar-refractivity contribution < 1.29 is 9.47 Å². The van der Waals surface area contributed by atoms with Gasteiger partial charge in [0.25, 0.3) is 0 Å². The molecule has 122 valence electrons. The molecule has 1 unspecified atom stereocenters. The van der Waals surface area contributed by atoms with Gasteiger partial charge in [-0.1, -0.05) is 6.92 Å². The van der Waals surface area contributed by atoms with Gasteiger partial charge in [-0.3, -0.25) is 0 Å². The van der Waals surface area contributed by atoms with Gasteiger partial charge in [0.05, 0.1) is 29.9 Å². The molecule has 1 aromatic carbocycles. The highest BCUT2D eigenvalue weighted by molar-refractivity contribution is 5.97. The number of hydrogen-bond acceptors (Lipinski definition) is 8. The third kappa shape index (κ3) is 2.23. The van der Waals surface area contributed by atoms with Crippen LogP contribution in [0.4, 0.5) is 11.8 Å². The SMILES string of the molecule is Cc1ncc(Oc2cc3nc(N)nc(N)c3c3c2C(C)CO3)cn1. The number of ether oxygens (including phenoxy) is 2. The summed E-state index contributed by atoms with van der Waals surface area (Å²) in [6.45, 7) is 4.42. The molecule has 4 N–H and O–H groups in total. The fraction of sp³-hybridized carbons (Fsp3) is 0.250. The monoisotopic (exact) mass is 324 g/mol. The van der Waals surface area contributed by atoms with E-state index in [1.54, 1.807) is 18.5 Å². The molecule has 3 heterocycles. The van der Waals surface area contributed by atoms with E-state index in [9.17, 15) is 0 Å². The Morgan fingerprint density at radius 2 is 1.96 bits per heavy atom. The first-order valence-corrected chi connectivity index (χ1v) is 7.52. The number of fused-ring (bicyclic) bond motifs is 3. The van der Waals surface area contributed by atoms with Gasteiger partial charge < -0.3 is 20.9 Å². The number of nitrogens with zero attached hydrogens (tertiary/aromatic N) is 4. The minimum absolute atomic E-state index is 0.107. The maximum absolute atomic E-state index is 6.02. The predicted octanol–water partition coefficient (Wildman–Crippen LogP) is 2.18. The van der Waals surface area contributed by atoms with Crippen molar-refractivity contribution in [3.8, 4) is 17.2 Å². The molecule has 8 nitrogen and oxygen atoms in total. The summed E-state index contributed by atoms with van der Waals surface area (Å²) in [5.74, 6) is 3.06. The summed E-state index contributed by atoms with van der Waals surface area (Å²) < 4.78 is 11.8. The number of aryl methyl sites for hydroxylation is 1. The van der Waals surface area contributed by atoms with E-state index in [0.29, 0.717) is 46.4 Å². The van der Waals surface area contributed by atoms with Crippen LogP contribution in [0, 0.1) is 6.92 Å². The molecule has 24 heavy (non-hydrogen) atoms. The van der Waals surface area contributed by atoms with E-state index < -0.39 is 0 Å². The predicted molar refractivity (Wildman–Crippen MR) is 89.1 cm³/mol. The van der Waals surface area contributed by atoms with Gasteiger partial charge in [-0.15, -0.1) is 0 Å². The molecule has 0 saturated carbocycles. The Hall–Kier alpha value is -3.16. The lowest BCUT2D eigenvalue weighted by molar-refractivity contribution is 0.340. The quantitative estimate of drug-likeness (QED) is 0.735. The zero-order chi connectivity index (χ0) is 16.8. The van der Waals surface area contributed by atoms with Crippen molar-refractivity contribution in [2.45, 2.75) is 19.8 Å². The molecule has 4 rings (SSSR count). The number of nitrogen functional groups attached to an aromatic ring is 2. The van der Waals surface area contributed by atoms with E-state index in [4.69, 9.17) is 20.9 Å². The first-order valence-electron chi connectivity index (χ1n) is 7.52.